The number of halogens is 1. The van der Waals surface area contributed by atoms with E-state index in [1.54, 1.807) is 11.3 Å². The molecule has 0 aliphatic heterocycles. The molecule has 0 aliphatic carbocycles. The van der Waals surface area contributed by atoms with Crippen LogP contribution < -0.4 is 10.6 Å². The van der Waals surface area contributed by atoms with Gasteiger partial charge in [-0.2, -0.15) is 0 Å². The molecular weight excluding hydrogens is 278 g/mol. The van der Waals surface area contributed by atoms with Crippen LogP contribution in [0, 0.1) is 6.92 Å². The Balaban J connectivity index is 2.12. The van der Waals surface area contributed by atoms with Crippen LogP contribution in [-0.4, -0.2) is 18.6 Å². The van der Waals surface area contributed by atoms with E-state index in [4.69, 9.17) is 17.3 Å². The summed E-state index contributed by atoms with van der Waals surface area (Å²) in [6.45, 7) is 3.42. The van der Waals surface area contributed by atoms with Gasteiger partial charge in [0.1, 0.15) is 0 Å². The van der Waals surface area contributed by atoms with Crippen LogP contribution in [0.3, 0.4) is 0 Å². The second kappa shape index (κ2) is 6.37. The maximum absolute atomic E-state index is 6.33. The molecule has 1 aromatic heterocycles. The minimum Gasteiger partial charge on any atom is -0.367 e. The third-order valence-corrected chi connectivity index (χ3v) is 4.05. The average Bonchev–Trinajstić information content (AvgIpc) is 2.75. The number of nitrogens with two attached hydrogens (primary N) is 1. The van der Waals surface area contributed by atoms with Gasteiger partial charge in [0.05, 0.1) is 28.0 Å². The van der Waals surface area contributed by atoms with Crippen LogP contribution in [0.25, 0.3) is 0 Å². The molecule has 2 rings (SSSR count). The highest BCUT2D eigenvalue weighted by Gasteiger charge is 2.09. The fourth-order valence-electron chi connectivity index (χ4n) is 1.99. The Morgan fingerprint density at radius 3 is 2.79 bits per heavy atom. The number of benzene rings is 1. The normalized spacial score (nSPS) is 10.7. The van der Waals surface area contributed by atoms with Gasteiger partial charge in [-0.1, -0.05) is 17.7 Å². The number of aryl methyl sites for hydroxylation is 1. The summed E-state index contributed by atoms with van der Waals surface area (Å²) in [5, 5.41) is 3.94. The first-order valence-corrected chi connectivity index (χ1v) is 7.46. The zero-order valence-electron chi connectivity index (χ0n) is 11.2. The summed E-state index contributed by atoms with van der Waals surface area (Å²) >= 11 is 8.00. The van der Waals surface area contributed by atoms with Gasteiger partial charge in [-0.3, -0.25) is 0 Å². The smallest absolute Gasteiger partial charge is 0.0898 e. The fourth-order valence-corrected chi connectivity index (χ4v) is 2.94. The van der Waals surface area contributed by atoms with Crippen LogP contribution in [0.1, 0.15) is 16.3 Å². The Hall–Kier alpha value is -1.10. The maximum Gasteiger partial charge on any atom is 0.0898 e. The van der Waals surface area contributed by atoms with Crippen LogP contribution in [-0.2, 0) is 13.0 Å². The van der Waals surface area contributed by atoms with Gasteiger partial charge in [0.2, 0.25) is 0 Å². The molecule has 0 saturated carbocycles. The highest BCUT2D eigenvalue weighted by Crippen LogP contribution is 2.27. The molecule has 0 unspecified atom stereocenters. The van der Waals surface area contributed by atoms with Crippen molar-refractivity contribution in [1.82, 2.24) is 4.98 Å². The Bertz CT molecular complexity index is 553. The van der Waals surface area contributed by atoms with Crippen molar-refractivity contribution in [3.8, 4) is 0 Å². The van der Waals surface area contributed by atoms with E-state index in [1.807, 2.05) is 26.1 Å². The van der Waals surface area contributed by atoms with Crippen LogP contribution in [0.4, 0.5) is 5.69 Å². The van der Waals surface area contributed by atoms with Crippen molar-refractivity contribution in [1.29, 1.82) is 0 Å². The quantitative estimate of drug-likeness (QED) is 0.921. The highest BCUT2D eigenvalue weighted by atomic mass is 35.5. The van der Waals surface area contributed by atoms with Gasteiger partial charge in [0.15, 0.2) is 0 Å². The first-order valence-electron chi connectivity index (χ1n) is 6.21. The van der Waals surface area contributed by atoms with Crippen molar-refractivity contribution in [3.05, 3.63) is 44.9 Å². The number of hydrogen-bond donors (Lipinski definition) is 1. The topological polar surface area (TPSA) is 42.2 Å². The molecule has 0 amide bonds. The van der Waals surface area contributed by atoms with Gasteiger partial charge in [0.25, 0.3) is 0 Å². The lowest BCUT2D eigenvalue weighted by Gasteiger charge is -2.20. The molecule has 102 valence electrons. The lowest BCUT2D eigenvalue weighted by atomic mass is 10.1. The van der Waals surface area contributed by atoms with Gasteiger partial charge in [-0.05, 0) is 37.6 Å². The fraction of sp³-hybridized carbons (Fsp3) is 0.357. The molecule has 0 bridgehead atoms. The highest BCUT2D eigenvalue weighted by molar-refractivity contribution is 7.09. The van der Waals surface area contributed by atoms with E-state index in [2.05, 4.69) is 21.3 Å². The number of hydrogen-bond acceptors (Lipinski definition) is 4. The molecule has 0 spiro atoms. The second-order valence-electron chi connectivity index (χ2n) is 4.54. The summed E-state index contributed by atoms with van der Waals surface area (Å²) in [6.07, 6.45) is 0.856. The standard InChI is InChI=1S/C14H18ClN3S/c1-10-17-12(9-19-10)8-18(2)14-4-3-11(5-6-16)7-13(14)15/h3-4,7,9H,5-6,8,16H2,1-2H3. The van der Waals surface area contributed by atoms with E-state index in [1.165, 1.54) is 5.56 Å². The predicted octanol–water partition coefficient (Wildman–Crippen LogP) is 3.24. The molecule has 5 heteroatoms. The van der Waals surface area contributed by atoms with Crippen LogP contribution in [0.2, 0.25) is 5.02 Å². The number of rotatable bonds is 5. The van der Waals surface area contributed by atoms with Gasteiger partial charge in [-0.25, -0.2) is 4.98 Å². The number of aromatic nitrogens is 1. The molecule has 1 aromatic carbocycles. The second-order valence-corrected chi connectivity index (χ2v) is 6.01. The largest absolute Gasteiger partial charge is 0.367 e. The minimum absolute atomic E-state index is 0.642. The third-order valence-electron chi connectivity index (χ3n) is 2.92. The molecule has 2 aromatic rings. The summed E-state index contributed by atoms with van der Waals surface area (Å²) in [7, 11) is 2.03. The Morgan fingerprint density at radius 2 is 2.21 bits per heavy atom. The van der Waals surface area contributed by atoms with E-state index in [-0.39, 0.29) is 0 Å². The monoisotopic (exact) mass is 295 g/mol. The van der Waals surface area contributed by atoms with E-state index in [9.17, 15) is 0 Å². The lowest BCUT2D eigenvalue weighted by molar-refractivity contribution is 0.888. The van der Waals surface area contributed by atoms with Crippen molar-refractivity contribution in [2.45, 2.75) is 19.9 Å². The van der Waals surface area contributed by atoms with E-state index < -0.39 is 0 Å². The first kappa shape index (κ1) is 14.3. The maximum atomic E-state index is 6.33. The van der Waals surface area contributed by atoms with Crippen LogP contribution in [0.15, 0.2) is 23.6 Å². The first-order chi connectivity index (χ1) is 9.10. The molecule has 0 fully saturated rings. The number of thiazole rings is 1. The van der Waals surface area contributed by atoms with Gasteiger partial charge < -0.3 is 10.6 Å². The molecule has 3 nitrogen and oxygen atoms in total. The van der Waals surface area contributed by atoms with Crippen molar-refractivity contribution in [2.75, 3.05) is 18.5 Å². The summed E-state index contributed by atoms with van der Waals surface area (Å²) in [6, 6.07) is 6.12. The molecule has 0 atom stereocenters. The van der Waals surface area contributed by atoms with Crippen molar-refractivity contribution in [2.24, 2.45) is 5.73 Å². The predicted molar refractivity (Wildman–Crippen MR) is 83.2 cm³/mol. The van der Waals surface area contributed by atoms with Crippen molar-refractivity contribution < 1.29 is 0 Å². The van der Waals surface area contributed by atoms with Crippen LogP contribution in [0.5, 0.6) is 0 Å². The minimum atomic E-state index is 0.642. The molecular formula is C14H18ClN3S. The molecule has 1 heterocycles. The lowest BCUT2D eigenvalue weighted by Crippen LogP contribution is -2.17. The molecule has 0 saturated heterocycles. The zero-order valence-corrected chi connectivity index (χ0v) is 12.8. The number of nitrogens with zero attached hydrogens (tertiary/aromatic N) is 2. The zero-order chi connectivity index (χ0) is 13.8. The molecule has 19 heavy (non-hydrogen) atoms. The summed E-state index contributed by atoms with van der Waals surface area (Å²) in [5.41, 5.74) is 8.82. The van der Waals surface area contributed by atoms with Crippen molar-refractivity contribution in [3.63, 3.8) is 0 Å². The summed E-state index contributed by atoms with van der Waals surface area (Å²) in [5.74, 6) is 0. The Kier molecular flexibility index (Phi) is 4.80. The van der Waals surface area contributed by atoms with Crippen molar-refractivity contribution >= 4 is 28.6 Å². The van der Waals surface area contributed by atoms with E-state index >= 15 is 0 Å². The Labute approximate surface area is 123 Å². The number of anilines is 1. The Morgan fingerprint density at radius 1 is 1.42 bits per heavy atom. The SMILES string of the molecule is Cc1nc(CN(C)c2ccc(CCN)cc2Cl)cs1. The summed E-state index contributed by atoms with van der Waals surface area (Å²) < 4.78 is 0. The molecule has 0 aliphatic rings. The molecule has 0 radical (unpaired) electrons. The average molecular weight is 296 g/mol. The van der Waals surface area contributed by atoms with Gasteiger partial charge in [-0.15, -0.1) is 11.3 Å². The third kappa shape index (κ3) is 3.69. The van der Waals surface area contributed by atoms with E-state index in [0.29, 0.717) is 6.54 Å². The summed E-state index contributed by atoms with van der Waals surface area (Å²) in [4.78, 5) is 6.58. The van der Waals surface area contributed by atoms with Gasteiger partial charge in [0, 0.05) is 12.4 Å². The van der Waals surface area contributed by atoms with E-state index in [0.717, 1.165) is 34.4 Å². The van der Waals surface area contributed by atoms with Gasteiger partial charge >= 0.3 is 0 Å². The van der Waals surface area contributed by atoms with Crippen LogP contribution >= 0.6 is 22.9 Å². The molecule has 2 N–H and O–H groups in total.